The summed E-state index contributed by atoms with van der Waals surface area (Å²) in [6, 6.07) is 19.7. The molecule has 0 atom stereocenters. The summed E-state index contributed by atoms with van der Waals surface area (Å²) in [5, 5.41) is 0. The van der Waals surface area contributed by atoms with Crippen LogP contribution < -0.4 is 0 Å². The van der Waals surface area contributed by atoms with E-state index in [0.717, 1.165) is 24.0 Å². The van der Waals surface area contributed by atoms with Gasteiger partial charge in [0, 0.05) is 6.42 Å². The molecule has 2 aromatic rings. The van der Waals surface area contributed by atoms with Gasteiger partial charge >= 0.3 is 5.97 Å². The predicted octanol–water partition coefficient (Wildman–Crippen LogP) is 4.51. The molecular weight excluding hydrogens is 248 g/mol. The van der Waals surface area contributed by atoms with Gasteiger partial charge < -0.3 is 4.74 Å². The lowest BCUT2D eigenvalue weighted by Crippen LogP contribution is -2.12. The number of carbonyl (C=O) groups is 1. The fourth-order valence-corrected chi connectivity index (χ4v) is 2.10. The third-order valence-corrected chi connectivity index (χ3v) is 3.19. The van der Waals surface area contributed by atoms with Crippen LogP contribution >= 0.6 is 0 Å². The zero-order valence-corrected chi connectivity index (χ0v) is 11.8. The molecule has 0 amide bonds. The Morgan fingerprint density at radius 1 is 0.950 bits per heavy atom. The number of hydrogen-bond donors (Lipinski definition) is 0. The molecule has 2 aromatic carbocycles. The van der Waals surface area contributed by atoms with Crippen molar-refractivity contribution in [2.75, 3.05) is 0 Å². The highest BCUT2D eigenvalue weighted by Gasteiger charge is 2.18. The Morgan fingerprint density at radius 2 is 1.45 bits per heavy atom. The predicted molar refractivity (Wildman–Crippen MR) is 80.3 cm³/mol. The molecule has 104 valence electrons. The van der Waals surface area contributed by atoms with Gasteiger partial charge in [-0.3, -0.25) is 4.79 Å². The van der Waals surface area contributed by atoms with Crippen LogP contribution in [0.3, 0.4) is 0 Å². The van der Waals surface area contributed by atoms with Crippen LogP contribution in [0.1, 0.15) is 43.4 Å². The maximum atomic E-state index is 11.9. The van der Waals surface area contributed by atoms with Crippen molar-refractivity contribution in [3.63, 3.8) is 0 Å². The Morgan fingerprint density at radius 3 is 1.90 bits per heavy atom. The fourth-order valence-electron chi connectivity index (χ4n) is 2.10. The van der Waals surface area contributed by atoms with E-state index >= 15 is 0 Å². The number of esters is 1. The summed E-state index contributed by atoms with van der Waals surface area (Å²) in [6.07, 6.45) is 2.03. The van der Waals surface area contributed by atoms with Crippen molar-refractivity contribution in [1.82, 2.24) is 0 Å². The second-order valence-corrected chi connectivity index (χ2v) is 4.79. The zero-order chi connectivity index (χ0) is 14.2. The summed E-state index contributed by atoms with van der Waals surface area (Å²) in [7, 11) is 0. The number of carbonyl (C=O) groups excluding carboxylic acids is 1. The molecule has 0 saturated heterocycles. The van der Waals surface area contributed by atoms with Gasteiger partial charge in [0.15, 0.2) is 6.10 Å². The van der Waals surface area contributed by atoms with E-state index < -0.39 is 0 Å². The van der Waals surface area contributed by atoms with E-state index in [4.69, 9.17) is 4.74 Å². The maximum absolute atomic E-state index is 11.9. The summed E-state index contributed by atoms with van der Waals surface area (Å²) >= 11 is 0. The third kappa shape index (κ3) is 3.95. The highest BCUT2D eigenvalue weighted by Crippen LogP contribution is 2.26. The highest BCUT2D eigenvalue weighted by molar-refractivity contribution is 5.70. The lowest BCUT2D eigenvalue weighted by atomic mass is 10.0. The summed E-state index contributed by atoms with van der Waals surface area (Å²) in [4.78, 5) is 11.9. The molecule has 2 nitrogen and oxygen atoms in total. The molecule has 0 saturated carbocycles. The average molecular weight is 268 g/mol. The summed E-state index contributed by atoms with van der Waals surface area (Å²) < 4.78 is 5.69. The SMILES string of the molecule is CCCCC(=O)OC(c1ccccc1)c1ccccc1. The molecule has 0 aliphatic heterocycles. The van der Waals surface area contributed by atoms with Crippen molar-refractivity contribution in [3.8, 4) is 0 Å². The van der Waals surface area contributed by atoms with E-state index in [1.807, 2.05) is 60.7 Å². The largest absolute Gasteiger partial charge is 0.453 e. The molecular formula is C18H20O2. The smallest absolute Gasteiger partial charge is 0.306 e. The summed E-state index contributed by atoms with van der Waals surface area (Å²) in [5.41, 5.74) is 2.01. The van der Waals surface area contributed by atoms with Crippen LogP contribution in [0.25, 0.3) is 0 Å². The normalized spacial score (nSPS) is 10.5. The first-order chi connectivity index (χ1) is 9.81. The highest BCUT2D eigenvalue weighted by atomic mass is 16.5. The van der Waals surface area contributed by atoms with Gasteiger partial charge in [0.05, 0.1) is 0 Å². The first-order valence-corrected chi connectivity index (χ1v) is 7.10. The molecule has 2 rings (SSSR count). The van der Waals surface area contributed by atoms with Crippen molar-refractivity contribution < 1.29 is 9.53 Å². The standard InChI is InChI=1S/C18H20O2/c1-2-3-14-17(19)20-18(15-10-6-4-7-11-15)16-12-8-5-9-13-16/h4-13,18H,2-3,14H2,1H3. The first kappa shape index (κ1) is 14.3. The van der Waals surface area contributed by atoms with E-state index in [1.165, 1.54) is 0 Å². The molecule has 2 heteroatoms. The molecule has 0 fully saturated rings. The molecule has 0 aliphatic carbocycles. The molecule has 0 spiro atoms. The van der Waals surface area contributed by atoms with Gasteiger partial charge in [0.2, 0.25) is 0 Å². The van der Waals surface area contributed by atoms with Crippen molar-refractivity contribution >= 4 is 5.97 Å². The Hall–Kier alpha value is -2.09. The van der Waals surface area contributed by atoms with Gasteiger partial charge in [0.25, 0.3) is 0 Å². The molecule has 0 N–H and O–H groups in total. The second kappa shape index (κ2) is 7.49. The van der Waals surface area contributed by atoms with Crippen LogP contribution in [0.2, 0.25) is 0 Å². The number of rotatable bonds is 6. The van der Waals surface area contributed by atoms with Crippen molar-refractivity contribution in [3.05, 3.63) is 71.8 Å². The number of hydrogen-bond acceptors (Lipinski definition) is 2. The Labute approximate surface area is 120 Å². The molecule has 0 aliphatic rings. The molecule has 0 unspecified atom stereocenters. The minimum absolute atomic E-state index is 0.135. The fraction of sp³-hybridized carbons (Fsp3) is 0.278. The van der Waals surface area contributed by atoms with Crippen molar-refractivity contribution in [1.29, 1.82) is 0 Å². The number of benzene rings is 2. The molecule has 0 radical (unpaired) electrons. The first-order valence-electron chi connectivity index (χ1n) is 7.10. The van der Waals surface area contributed by atoms with E-state index in [-0.39, 0.29) is 12.1 Å². The van der Waals surface area contributed by atoms with Crippen LogP contribution in [0.15, 0.2) is 60.7 Å². The van der Waals surface area contributed by atoms with Gasteiger partial charge in [-0.15, -0.1) is 0 Å². The topological polar surface area (TPSA) is 26.3 Å². The summed E-state index contributed by atoms with van der Waals surface area (Å²) in [6.45, 7) is 2.07. The van der Waals surface area contributed by atoms with Crippen molar-refractivity contribution in [2.45, 2.75) is 32.3 Å². The quantitative estimate of drug-likeness (QED) is 0.720. The monoisotopic (exact) mass is 268 g/mol. The van der Waals surface area contributed by atoms with Gasteiger partial charge in [-0.25, -0.2) is 0 Å². The van der Waals surface area contributed by atoms with E-state index in [2.05, 4.69) is 6.92 Å². The van der Waals surface area contributed by atoms with Crippen LogP contribution in [-0.2, 0) is 9.53 Å². The minimum Gasteiger partial charge on any atom is -0.453 e. The second-order valence-electron chi connectivity index (χ2n) is 4.79. The lowest BCUT2D eigenvalue weighted by Gasteiger charge is -2.18. The summed E-state index contributed by atoms with van der Waals surface area (Å²) in [5.74, 6) is -0.135. The molecule has 20 heavy (non-hydrogen) atoms. The van der Waals surface area contributed by atoms with Gasteiger partial charge in [-0.05, 0) is 17.5 Å². The van der Waals surface area contributed by atoms with E-state index in [9.17, 15) is 4.79 Å². The zero-order valence-electron chi connectivity index (χ0n) is 11.8. The maximum Gasteiger partial charge on any atom is 0.306 e. The number of unbranched alkanes of at least 4 members (excludes halogenated alkanes) is 1. The van der Waals surface area contributed by atoms with Gasteiger partial charge in [-0.1, -0.05) is 74.0 Å². The average Bonchev–Trinajstić information content (AvgIpc) is 2.52. The Balaban J connectivity index is 2.19. The van der Waals surface area contributed by atoms with Crippen LogP contribution in [-0.4, -0.2) is 5.97 Å². The Bertz CT molecular complexity index is 480. The molecule has 0 heterocycles. The van der Waals surface area contributed by atoms with Crippen LogP contribution in [0.4, 0.5) is 0 Å². The molecule has 0 bridgehead atoms. The molecule has 0 aromatic heterocycles. The lowest BCUT2D eigenvalue weighted by molar-refractivity contribution is -0.147. The van der Waals surface area contributed by atoms with Crippen LogP contribution in [0.5, 0.6) is 0 Å². The minimum atomic E-state index is -0.318. The third-order valence-electron chi connectivity index (χ3n) is 3.19. The van der Waals surface area contributed by atoms with Gasteiger partial charge in [-0.2, -0.15) is 0 Å². The number of ether oxygens (including phenoxy) is 1. The van der Waals surface area contributed by atoms with E-state index in [0.29, 0.717) is 6.42 Å². The van der Waals surface area contributed by atoms with Crippen LogP contribution in [0, 0.1) is 0 Å². The van der Waals surface area contributed by atoms with Gasteiger partial charge in [0.1, 0.15) is 0 Å². The Kier molecular flexibility index (Phi) is 5.36. The van der Waals surface area contributed by atoms with Crippen molar-refractivity contribution in [2.24, 2.45) is 0 Å². The van der Waals surface area contributed by atoms with E-state index in [1.54, 1.807) is 0 Å².